The van der Waals surface area contributed by atoms with Crippen LogP contribution in [0.4, 0.5) is 18.9 Å². The zero-order valence-electron chi connectivity index (χ0n) is 15.7. The predicted octanol–water partition coefficient (Wildman–Crippen LogP) is 1.62. The van der Waals surface area contributed by atoms with Crippen molar-refractivity contribution in [3.63, 3.8) is 0 Å². The van der Waals surface area contributed by atoms with Crippen LogP contribution in [0.25, 0.3) is 0 Å². The van der Waals surface area contributed by atoms with Gasteiger partial charge in [0.05, 0.1) is 29.0 Å². The zero-order chi connectivity index (χ0) is 21.8. The van der Waals surface area contributed by atoms with Crippen LogP contribution in [0.5, 0.6) is 0 Å². The fourth-order valence-corrected chi connectivity index (χ4v) is 7.14. The van der Waals surface area contributed by atoms with Gasteiger partial charge in [-0.15, -0.1) is 0 Å². The number of halogens is 3. The number of rotatable bonds is 2. The van der Waals surface area contributed by atoms with Crippen LogP contribution in [0, 0.1) is 23.2 Å². The van der Waals surface area contributed by atoms with Gasteiger partial charge in [-0.25, -0.2) is 8.42 Å². The summed E-state index contributed by atoms with van der Waals surface area (Å²) in [4.78, 5) is 12.7. The fraction of sp³-hybridized carbons (Fsp3) is 0.556. The maximum absolute atomic E-state index is 13.5. The highest BCUT2D eigenvalue weighted by molar-refractivity contribution is 7.95. The quantitative estimate of drug-likeness (QED) is 0.739. The summed E-state index contributed by atoms with van der Waals surface area (Å²) in [6.45, 7) is 1.52. The molecule has 1 heterocycles. The third-order valence-corrected chi connectivity index (χ3v) is 8.56. The molecule has 2 N–H and O–H groups in total. The van der Waals surface area contributed by atoms with Crippen LogP contribution < -0.4 is 9.62 Å². The number of hydrogen-bond donors (Lipinski definition) is 2. The largest absolute Gasteiger partial charge is 0.417 e. The molecule has 158 valence electrons. The summed E-state index contributed by atoms with van der Waals surface area (Å²) in [6, 6.07) is 4.06. The Labute approximate surface area is 166 Å². The van der Waals surface area contributed by atoms with Gasteiger partial charge in [-0.2, -0.15) is 18.4 Å². The summed E-state index contributed by atoms with van der Waals surface area (Å²) < 4.78 is 65.6. The lowest BCUT2D eigenvalue weighted by Crippen LogP contribution is -2.64. The Morgan fingerprint density at radius 1 is 1.38 bits per heavy atom. The molecule has 1 unspecified atom stereocenters. The Bertz CT molecular complexity index is 989. The van der Waals surface area contributed by atoms with E-state index in [0.717, 1.165) is 16.4 Å². The third-order valence-electron chi connectivity index (χ3n) is 6.01. The van der Waals surface area contributed by atoms with Gasteiger partial charge in [0.15, 0.2) is 4.75 Å². The molecule has 0 bridgehead atoms. The molecule has 1 aliphatic carbocycles. The van der Waals surface area contributed by atoms with E-state index in [1.165, 1.54) is 13.1 Å². The van der Waals surface area contributed by atoms with E-state index in [1.807, 2.05) is 0 Å². The van der Waals surface area contributed by atoms with E-state index in [0.29, 0.717) is 12.5 Å². The fourth-order valence-electron chi connectivity index (χ4n) is 4.54. The maximum atomic E-state index is 13.5. The van der Waals surface area contributed by atoms with Crippen molar-refractivity contribution in [2.75, 3.05) is 17.9 Å². The molecular weight excluding hydrogens is 411 g/mol. The van der Waals surface area contributed by atoms with E-state index in [9.17, 15) is 31.5 Å². The Morgan fingerprint density at radius 2 is 2.03 bits per heavy atom. The molecule has 2 fully saturated rings. The summed E-state index contributed by atoms with van der Waals surface area (Å²) in [5, 5.41) is 21.9. The van der Waals surface area contributed by atoms with E-state index < -0.39 is 50.0 Å². The lowest BCUT2D eigenvalue weighted by Gasteiger charge is -2.42. The van der Waals surface area contributed by atoms with Crippen LogP contribution in [0.3, 0.4) is 0 Å². The van der Waals surface area contributed by atoms with Crippen molar-refractivity contribution in [2.24, 2.45) is 11.8 Å². The lowest BCUT2D eigenvalue weighted by atomic mass is 9.70. The van der Waals surface area contributed by atoms with Crippen LogP contribution in [-0.2, 0) is 21.0 Å². The number of benzene rings is 1. The molecule has 11 heteroatoms. The molecule has 1 aliphatic heterocycles. The molecule has 0 aromatic heterocycles. The highest BCUT2D eigenvalue weighted by atomic mass is 32.2. The van der Waals surface area contributed by atoms with E-state index in [1.54, 1.807) is 6.92 Å². The Hall–Kier alpha value is -2.32. The molecule has 1 amide bonds. The average Bonchev–Trinajstić information content (AvgIpc) is 2.92. The lowest BCUT2D eigenvalue weighted by molar-refractivity contribution is -0.137. The van der Waals surface area contributed by atoms with E-state index >= 15 is 0 Å². The van der Waals surface area contributed by atoms with Gasteiger partial charge in [-0.05, 0) is 37.0 Å². The number of nitrogens with one attached hydrogen (secondary N) is 1. The van der Waals surface area contributed by atoms with Gasteiger partial charge >= 0.3 is 6.18 Å². The van der Waals surface area contributed by atoms with E-state index in [4.69, 9.17) is 5.26 Å². The first-order valence-corrected chi connectivity index (χ1v) is 10.4. The second-order valence-electron chi connectivity index (χ2n) is 7.42. The van der Waals surface area contributed by atoms with Crippen molar-refractivity contribution < 1.29 is 31.5 Å². The van der Waals surface area contributed by atoms with Crippen LogP contribution in [0.1, 0.15) is 30.9 Å². The SMILES string of the molecule is CNC(=O)[C@@]12[C@@H](O)CCC(C)[C@@H]1CN(c1ccc(C#N)c(C(F)(F)F)c1)S2(=O)=O. The minimum atomic E-state index is -4.86. The molecule has 1 aromatic carbocycles. The van der Waals surface area contributed by atoms with Crippen molar-refractivity contribution >= 4 is 21.6 Å². The third kappa shape index (κ3) is 2.88. The first-order chi connectivity index (χ1) is 13.4. The molecular formula is C18H20F3N3O4S. The van der Waals surface area contributed by atoms with Crippen LogP contribution in [0.2, 0.25) is 0 Å². The highest BCUT2D eigenvalue weighted by Gasteiger charge is 2.70. The first kappa shape index (κ1) is 21.4. The number of aliphatic hydroxyl groups excluding tert-OH is 1. The normalized spacial score (nSPS) is 31.1. The molecule has 4 atom stereocenters. The first-order valence-electron chi connectivity index (χ1n) is 8.96. The molecule has 1 saturated heterocycles. The Balaban J connectivity index is 2.22. The van der Waals surface area contributed by atoms with Gasteiger partial charge in [-0.3, -0.25) is 9.10 Å². The van der Waals surface area contributed by atoms with Gasteiger partial charge in [0.1, 0.15) is 0 Å². The topological polar surface area (TPSA) is 110 Å². The minimum Gasteiger partial charge on any atom is -0.391 e. The number of amides is 1. The predicted molar refractivity (Wildman–Crippen MR) is 97.1 cm³/mol. The number of nitriles is 1. The second-order valence-corrected chi connectivity index (χ2v) is 9.49. The number of nitrogens with zero attached hydrogens (tertiary/aromatic N) is 2. The molecule has 3 rings (SSSR count). The minimum absolute atomic E-state index is 0.0827. The number of hydrogen-bond acceptors (Lipinski definition) is 5. The Kier molecular flexibility index (Phi) is 5.07. The van der Waals surface area contributed by atoms with E-state index in [-0.39, 0.29) is 24.6 Å². The van der Waals surface area contributed by atoms with Crippen LogP contribution in [-0.4, -0.2) is 43.9 Å². The standard InChI is InChI=1S/C18H20F3N3O4S/c1-10-3-6-15(25)17(16(26)23-2)14(10)9-24(29(17,27)28)12-5-4-11(8-22)13(7-12)18(19,20)21/h4-5,7,10,14-15,25H,3,6,9H2,1-2H3,(H,23,26)/t10?,14-,15-,17-/m0/s1. The van der Waals surface area contributed by atoms with Gasteiger partial charge in [0, 0.05) is 19.5 Å². The zero-order valence-corrected chi connectivity index (χ0v) is 16.5. The highest BCUT2D eigenvalue weighted by Crippen LogP contribution is 2.51. The number of fused-ring (bicyclic) bond motifs is 1. The maximum Gasteiger partial charge on any atom is 0.417 e. The molecule has 0 radical (unpaired) electrons. The van der Waals surface area contributed by atoms with Crippen LogP contribution in [0.15, 0.2) is 18.2 Å². The average molecular weight is 431 g/mol. The number of sulfonamides is 1. The molecule has 29 heavy (non-hydrogen) atoms. The number of aliphatic hydroxyl groups is 1. The smallest absolute Gasteiger partial charge is 0.391 e. The second kappa shape index (κ2) is 6.88. The summed E-state index contributed by atoms with van der Waals surface area (Å²) in [5.74, 6) is -1.94. The van der Waals surface area contributed by atoms with Crippen LogP contribution >= 0.6 is 0 Å². The monoisotopic (exact) mass is 431 g/mol. The molecule has 1 aromatic rings. The van der Waals surface area contributed by atoms with Crippen molar-refractivity contribution in [1.29, 1.82) is 5.26 Å². The molecule has 7 nitrogen and oxygen atoms in total. The van der Waals surface area contributed by atoms with Gasteiger partial charge in [0.2, 0.25) is 5.91 Å². The number of alkyl halides is 3. The summed E-state index contributed by atoms with van der Waals surface area (Å²) >= 11 is 0. The van der Waals surface area contributed by atoms with Crippen molar-refractivity contribution in [3.05, 3.63) is 29.3 Å². The van der Waals surface area contributed by atoms with Crippen molar-refractivity contribution in [2.45, 2.75) is 36.8 Å². The van der Waals surface area contributed by atoms with Crippen molar-refractivity contribution in [1.82, 2.24) is 5.32 Å². The molecule has 2 aliphatic rings. The number of carbonyl (C=O) groups is 1. The number of anilines is 1. The van der Waals surface area contributed by atoms with Gasteiger partial charge in [-0.1, -0.05) is 6.92 Å². The van der Waals surface area contributed by atoms with Gasteiger partial charge < -0.3 is 10.4 Å². The molecule has 1 saturated carbocycles. The van der Waals surface area contributed by atoms with E-state index in [2.05, 4.69) is 5.32 Å². The Morgan fingerprint density at radius 3 is 2.59 bits per heavy atom. The van der Waals surface area contributed by atoms with Crippen molar-refractivity contribution in [3.8, 4) is 6.07 Å². The summed E-state index contributed by atoms with van der Waals surface area (Å²) in [6.07, 6.45) is -5.78. The van der Waals surface area contributed by atoms with Gasteiger partial charge in [0.25, 0.3) is 10.0 Å². The molecule has 0 spiro atoms. The summed E-state index contributed by atoms with van der Waals surface area (Å²) in [7, 11) is -3.31. The number of carbonyl (C=O) groups excluding carboxylic acids is 1. The summed E-state index contributed by atoms with van der Waals surface area (Å²) in [5.41, 5.74) is -2.19.